The molecular weight excluding hydrogens is 331 g/mol. The van der Waals surface area contributed by atoms with Gasteiger partial charge in [0.25, 0.3) is 0 Å². The van der Waals surface area contributed by atoms with Crippen LogP contribution in [0.4, 0.5) is 0 Å². The van der Waals surface area contributed by atoms with Gasteiger partial charge in [0.1, 0.15) is 3.42 Å². The Bertz CT molecular complexity index is 226. The zero-order chi connectivity index (χ0) is 12.3. The molecule has 0 fully saturated rings. The van der Waals surface area contributed by atoms with Crippen molar-refractivity contribution in [2.75, 3.05) is 0 Å². The Balaban J connectivity index is 4.62. The summed E-state index contributed by atoms with van der Waals surface area (Å²) in [6.45, 7) is 3.34. The molecule has 4 N–H and O–H groups in total. The van der Waals surface area contributed by atoms with E-state index in [1.54, 1.807) is 22.6 Å². The monoisotopic (exact) mass is 348 g/mol. The molecule has 7 heteroatoms. The van der Waals surface area contributed by atoms with Crippen LogP contribution in [0.2, 0.25) is 5.54 Å². The van der Waals surface area contributed by atoms with Crippen molar-refractivity contribution in [1.82, 2.24) is 0 Å². The first-order chi connectivity index (χ1) is 6.61. The van der Waals surface area contributed by atoms with E-state index in [4.69, 9.17) is 5.11 Å². The van der Waals surface area contributed by atoms with Crippen molar-refractivity contribution in [2.24, 2.45) is 0 Å². The zero-order valence-electron chi connectivity index (χ0n) is 8.77. The van der Waals surface area contributed by atoms with Crippen LogP contribution in [0.15, 0.2) is 0 Å². The third kappa shape index (κ3) is 5.25. The average Bonchev–Trinajstić information content (AvgIpc) is 2.01. The third-order valence-corrected chi connectivity index (χ3v) is 4.75. The molecule has 0 aliphatic carbocycles. The molecule has 0 aromatic carbocycles. The lowest BCUT2D eigenvalue weighted by molar-refractivity contribution is -0.139. The first-order valence-corrected chi connectivity index (χ1v) is 7.70. The molecule has 5 nitrogen and oxygen atoms in total. The molecule has 15 heavy (non-hydrogen) atoms. The van der Waals surface area contributed by atoms with Gasteiger partial charge in [-0.2, -0.15) is 0 Å². The Morgan fingerprint density at radius 2 is 1.93 bits per heavy atom. The van der Waals surface area contributed by atoms with E-state index in [-0.39, 0.29) is 6.42 Å². The summed E-state index contributed by atoms with van der Waals surface area (Å²) in [5.41, 5.74) is -0.722. The lowest BCUT2D eigenvalue weighted by atomic mass is 10.0. The van der Waals surface area contributed by atoms with Crippen LogP contribution in [0, 0.1) is 0 Å². The van der Waals surface area contributed by atoms with Crippen LogP contribution in [0.5, 0.6) is 0 Å². The zero-order valence-corrected chi connectivity index (χ0v) is 11.9. The molecule has 0 aromatic rings. The maximum Gasteiger partial charge on any atom is 0.496 e. The number of halogens is 1. The fraction of sp³-hybridized carbons (Fsp3) is 0.875. The maximum atomic E-state index is 10.9. The molecule has 0 amide bonds. The van der Waals surface area contributed by atoms with Gasteiger partial charge in [-0.1, -0.05) is 35.9 Å². The Labute approximate surface area is 104 Å². The minimum Gasteiger partial charge on any atom is -0.480 e. The molecule has 2 unspecified atom stereocenters. The predicted molar refractivity (Wildman–Crippen MR) is 65.7 cm³/mol. The van der Waals surface area contributed by atoms with Gasteiger partial charge in [0.15, 0.2) is 0 Å². The normalized spacial score (nSPS) is 18.3. The Kier molecular flexibility index (Phi) is 5.68. The summed E-state index contributed by atoms with van der Waals surface area (Å²) in [5, 5.41) is 8.89. The second-order valence-electron chi connectivity index (χ2n) is 3.88. The number of hydrogen-bond acceptors (Lipinski definition) is 4. The van der Waals surface area contributed by atoms with Crippen LogP contribution in [-0.2, 0) is 4.79 Å². The summed E-state index contributed by atoms with van der Waals surface area (Å²) >= 11 is 1.75. The molecule has 0 spiro atoms. The van der Waals surface area contributed by atoms with Crippen LogP contribution >= 0.6 is 22.6 Å². The number of carboxylic acids is 1. The van der Waals surface area contributed by atoms with Gasteiger partial charge in [0.2, 0.25) is 0 Å². The fourth-order valence-electron chi connectivity index (χ4n) is 1.33. The summed E-state index contributed by atoms with van der Waals surface area (Å²) in [6, 6.07) is 0. The van der Waals surface area contributed by atoms with Gasteiger partial charge in [0, 0.05) is 5.54 Å². The van der Waals surface area contributed by atoms with E-state index in [1.165, 1.54) is 6.92 Å². The Morgan fingerprint density at radius 1 is 1.47 bits per heavy atom. The van der Waals surface area contributed by atoms with Crippen LogP contribution in [0.3, 0.4) is 0 Å². The fourth-order valence-corrected chi connectivity index (χ4v) is 3.64. The van der Waals surface area contributed by atoms with Crippen molar-refractivity contribution in [1.29, 1.82) is 0 Å². The van der Waals surface area contributed by atoms with Crippen LogP contribution in [-0.4, -0.2) is 37.7 Å². The second-order valence-corrected chi connectivity index (χ2v) is 8.45. The SMILES string of the molecule is CCCC(CC(C)(I)C(=O)O)[Si](O)(O)O. The molecule has 0 saturated heterocycles. The van der Waals surface area contributed by atoms with Crippen molar-refractivity contribution in [3.05, 3.63) is 0 Å². The topological polar surface area (TPSA) is 98.0 Å². The minimum atomic E-state index is -4.23. The summed E-state index contributed by atoms with van der Waals surface area (Å²) in [6.07, 6.45) is 1.15. The Hall–Kier alpha value is 0.297. The smallest absolute Gasteiger partial charge is 0.480 e. The quantitative estimate of drug-likeness (QED) is 0.323. The number of carbonyl (C=O) groups is 1. The second kappa shape index (κ2) is 5.57. The third-order valence-electron chi connectivity index (χ3n) is 2.26. The minimum absolute atomic E-state index is 0.0620. The summed E-state index contributed by atoms with van der Waals surface area (Å²) in [4.78, 5) is 38.5. The highest BCUT2D eigenvalue weighted by Gasteiger charge is 2.44. The number of rotatable bonds is 6. The van der Waals surface area contributed by atoms with Crippen molar-refractivity contribution in [3.8, 4) is 0 Å². The molecule has 0 aliphatic rings. The lowest BCUT2D eigenvalue weighted by Gasteiger charge is -2.27. The molecule has 0 aliphatic heterocycles. The number of aliphatic carboxylic acids is 1. The van der Waals surface area contributed by atoms with E-state index in [1.807, 2.05) is 6.92 Å². The van der Waals surface area contributed by atoms with Crippen LogP contribution in [0.25, 0.3) is 0 Å². The van der Waals surface area contributed by atoms with Gasteiger partial charge < -0.3 is 19.5 Å². The maximum absolute atomic E-state index is 10.9. The van der Waals surface area contributed by atoms with E-state index >= 15 is 0 Å². The number of alkyl halides is 1. The van der Waals surface area contributed by atoms with Gasteiger partial charge in [0.05, 0.1) is 0 Å². The van der Waals surface area contributed by atoms with Gasteiger partial charge >= 0.3 is 14.8 Å². The molecular formula is C8H17IO5Si. The van der Waals surface area contributed by atoms with Crippen molar-refractivity contribution in [3.63, 3.8) is 0 Å². The molecule has 0 heterocycles. The molecule has 0 radical (unpaired) electrons. The van der Waals surface area contributed by atoms with Crippen LogP contribution in [0.1, 0.15) is 33.1 Å². The predicted octanol–water partition coefficient (Wildman–Crippen LogP) is 0.741. The van der Waals surface area contributed by atoms with E-state index in [0.717, 1.165) is 0 Å². The largest absolute Gasteiger partial charge is 0.496 e. The number of hydrogen-bond donors (Lipinski definition) is 4. The lowest BCUT2D eigenvalue weighted by Crippen LogP contribution is -2.44. The molecule has 0 bridgehead atoms. The molecule has 0 saturated carbocycles. The highest BCUT2D eigenvalue weighted by atomic mass is 127. The van der Waals surface area contributed by atoms with Gasteiger partial charge in [-0.15, -0.1) is 0 Å². The first kappa shape index (κ1) is 15.3. The average molecular weight is 348 g/mol. The summed E-state index contributed by atoms with van der Waals surface area (Å²) in [7, 11) is -4.23. The summed E-state index contributed by atoms with van der Waals surface area (Å²) in [5.74, 6) is -1.01. The van der Waals surface area contributed by atoms with E-state index in [2.05, 4.69) is 0 Å². The Morgan fingerprint density at radius 3 is 2.20 bits per heavy atom. The summed E-state index contributed by atoms with van der Waals surface area (Å²) < 4.78 is -1.08. The highest BCUT2D eigenvalue weighted by molar-refractivity contribution is 14.1. The molecule has 0 aromatic heterocycles. The first-order valence-electron chi connectivity index (χ1n) is 4.70. The van der Waals surface area contributed by atoms with E-state index in [0.29, 0.717) is 12.8 Å². The van der Waals surface area contributed by atoms with Gasteiger partial charge in [-0.25, -0.2) is 0 Å². The number of carboxylic acid groups (broad SMARTS) is 1. The van der Waals surface area contributed by atoms with E-state index < -0.39 is 23.7 Å². The van der Waals surface area contributed by atoms with Crippen molar-refractivity contribution < 1.29 is 24.3 Å². The van der Waals surface area contributed by atoms with Crippen molar-refractivity contribution >= 4 is 37.4 Å². The molecule has 0 rings (SSSR count). The molecule has 2 atom stereocenters. The molecule has 90 valence electrons. The standard InChI is InChI=1S/C8H17IO5Si/c1-3-4-6(15(12,13)14)5-8(2,9)7(10)11/h6,12-14H,3-5H2,1-2H3,(H,10,11). The van der Waals surface area contributed by atoms with Crippen molar-refractivity contribution in [2.45, 2.75) is 42.1 Å². The highest BCUT2D eigenvalue weighted by Crippen LogP contribution is 2.36. The van der Waals surface area contributed by atoms with Gasteiger partial charge in [-0.3, -0.25) is 4.79 Å². The van der Waals surface area contributed by atoms with Crippen LogP contribution < -0.4 is 0 Å². The van der Waals surface area contributed by atoms with Gasteiger partial charge in [-0.05, 0) is 19.8 Å². The van der Waals surface area contributed by atoms with E-state index in [9.17, 15) is 19.2 Å².